The summed E-state index contributed by atoms with van der Waals surface area (Å²) in [6, 6.07) is 5.79. The van der Waals surface area contributed by atoms with Crippen LogP contribution in [0.25, 0.3) is 22.7 Å². The van der Waals surface area contributed by atoms with Crippen LogP contribution in [0.3, 0.4) is 0 Å². The number of halogens is 3. The SMILES string of the molecule is CC(=O)NC(C)COc1cnc(-c2nc3ccc(OCCC4CC4(F)F)cc3o2)c(F)c1. The molecule has 10 heteroatoms. The molecule has 2 heterocycles. The van der Waals surface area contributed by atoms with Crippen molar-refractivity contribution in [3.63, 3.8) is 0 Å². The van der Waals surface area contributed by atoms with Gasteiger partial charge in [0.25, 0.3) is 5.92 Å². The summed E-state index contributed by atoms with van der Waals surface area (Å²) >= 11 is 0. The molecule has 4 rings (SSSR count). The largest absolute Gasteiger partial charge is 0.493 e. The first-order valence-corrected chi connectivity index (χ1v) is 10.2. The van der Waals surface area contributed by atoms with Crippen LogP contribution in [0.15, 0.2) is 34.9 Å². The molecule has 0 aliphatic heterocycles. The summed E-state index contributed by atoms with van der Waals surface area (Å²) < 4.78 is 57.1. The lowest BCUT2D eigenvalue weighted by molar-refractivity contribution is -0.119. The average molecular weight is 449 g/mol. The summed E-state index contributed by atoms with van der Waals surface area (Å²) in [7, 11) is 0. The normalized spacial score (nSPS) is 17.7. The molecule has 1 N–H and O–H groups in total. The van der Waals surface area contributed by atoms with Gasteiger partial charge in [-0.1, -0.05) is 0 Å². The fourth-order valence-electron chi connectivity index (χ4n) is 3.26. The summed E-state index contributed by atoms with van der Waals surface area (Å²) in [5.74, 6) is -3.39. The molecule has 2 unspecified atom stereocenters. The number of aromatic nitrogens is 2. The lowest BCUT2D eigenvalue weighted by Crippen LogP contribution is -2.35. The number of ether oxygens (including phenoxy) is 2. The Kier molecular flexibility index (Phi) is 5.94. The second-order valence-electron chi connectivity index (χ2n) is 7.86. The van der Waals surface area contributed by atoms with Gasteiger partial charge in [0.15, 0.2) is 17.1 Å². The number of pyridine rings is 1. The van der Waals surface area contributed by atoms with Crippen LogP contribution in [0.5, 0.6) is 11.5 Å². The first-order valence-electron chi connectivity index (χ1n) is 10.2. The number of rotatable bonds is 9. The standard InChI is InChI=1S/C22H22F3N3O4/c1-12(27-13(2)29)11-31-16-7-17(23)20(26-10-16)21-28-18-4-3-15(8-19(18)32-21)30-6-5-14-9-22(14,24)25/h3-4,7-8,10,12,14H,5-6,9,11H2,1-2H3,(H,27,29). The van der Waals surface area contributed by atoms with Gasteiger partial charge in [0.2, 0.25) is 11.8 Å². The van der Waals surface area contributed by atoms with Crippen LogP contribution in [0.1, 0.15) is 26.7 Å². The molecule has 2 aromatic heterocycles. The lowest BCUT2D eigenvalue weighted by Gasteiger charge is -2.13. The second-order valence-corrected chi connectivity index (χ2v) is 7.86. The minimum Gasteiger partial charge on any atom is -0.493 e. The molecule has 1 aliphatic rings. The summed E-state index contributed by atoms with van der Waals surface area (Å²) in [6.45, 7) is 3.49. The Bertz CT molecular complexity index is 1130. The first-order chi connectivity index (χ1) is 15.2. The topological polar surface area (TPSA) is 86.5 Å². The number of hydrogen-bond donors (Lipinski definition) is 1. The Morgan fingerprint density at radius 1 is 1.31 bits per heavy atom. The number of hydrogen-bond acceptors (Lipinski definition) is 6. The van der Waals surface area contributed by atoms with Gasteiger partial charge >= 0.3 is 0 Å². The molecule has 0 bridgehead atoms. The molecule has 32 heavy (non-hydrogen) atoms. The van der Waals surface area contributed by atoms with Crippen molar-refractivity contribution in [1.82, 2.24) is 15.3 Å². The van der Waals surface area contributed by atoms with Gasteiger partial charge in [0, 0.05) is 31.4 Å². The first kappa shape index (κ1) is 21.9. The Hall–Kier alpha value is -3.30. The number of benzene rings is 1. The van der Waals surface area contributed by atoms with Gasteiger partial charge in [0.05, 0.1) is 18.8 Å². The summed E-state index contributed by atoms with van der Waals surface area (Å²) in [5, 5.41) is 2.66. The molecule has 1 amide bonds. The zero-order valence-corrected chi connectivity index (χ0v) is 17.5. The van der Waals surface area contributed by atoms with Gasteiger partial charge < -0.3 is 19.2 Å². The van der Waals surface area contributed by atoms with E-state index >= 15 is 0 Å². The van der Waals surface area contributed by atoms with Crippen LogP contribution in [-0.2, 0) is 4.79 Å². The van der Waals surface area contributed by atoms with Crippen molar-refractivity contribution in [1.29, 1.82) is 0 Å². The molecule has 1 saturated carbocycles. The summed E-state index contributed by atoms with van der Waals surface area (Å²) in [4.78, 5) is 19.3. The third kappa shape index (κ3) is 5.12. The van der Waals surface area contributed by atoms with Crippen LogP contribution in [0.4, 0.5) is 13.2 Å². The van der Waals surface area contributed by atoms with E-state index in [2.05, 4.69) is 15.3 Å². The number of carbonyl (C=O) groups excluding carboxylic acids is 1. The maximum atomic E-state index is 14.6. The Labute approximate surface area is 181 Å². The van der Waals surface area contributed by atoms with Gasteiger partial charge in [-0.25, -0.2) is 23.1 Å². The number of amides is 1. The van der Waals surface area contributed by atoms with Crippen molar-refractivity contribution in [2.75, 3.05) is 13.2 Å². The molecule has 170 valence electrons. The fraction of sp³-hybridized carbons (Fsp3) is 0.409. The van der Waals surface area contributed by atoms with E-state index in [4.69, 9.17) is 13.9 Å². The smallest absolute Gasteiger partial charge is 0.251 e. The van der Waals surface area contributed by atoms with Crippen LogP contribution >= 0.6 is 0 Å². The fourth-order valence-corrected chi connectivity index (χ4v) is 3.26. The Morgan fingerprint density at radius 2 is 2.09 bits per heavy atom. The summed E-state index contributed by atoms with van der Waals surface area (Å²) in [5.41, 5.74) is 0.758. The van der Waals surface area contributed by atoms with Crippen LogP contribution in [0.2, 0.25) is 0 Å². The van der Waals surface area contributed by atoms with E-state index in [9.17, 15) is 18.0 Å². The molecule has 0 radical (unpaired) electrons. The Balaban J connectivity index is 1.40. The number of oxazole rings is 1. The van der Waals surface area contributed by atoms with E-state index in [0.717, 1.165) is 0 Å². The van der Waals surface area contributed by atoms with E-state index in [1.807, 2.05) is 0 Å². The predicted octanol–water partition coefficient (Wildman–Crippen LogP) is 4.36. The minimum absolute atomic E-state index is 0.00885. The monoisotopic (exact) mass is 449 g/mol. The molecular weight excluding hydrogens is 427 g/mol. The van der Waals surface area contributed by atoms with Crippen LogP contribution < -0.4 is 14.8 Å². The molecule has 7 nitrogen and oxygen atoms in total. The van der Waals surface area contributed by atoms with Gasteiger partial charge in [-0.3, -0.25) is 4.79 Å². The van der Waals surface area contributed by atoms with E-state index in [1.165, 1.54) is 19.2 Å². The maximum Gasteiger partial charge on any atom is 0.251 e. The van der Waals surface area contributed by atoms with E-state index in [-0.39, 0.29) is 55.3 Å². The predicted molar refractivity (Wildman–Crippen MR) is 109 cm³/mol. The van der Waals surface area contributed by atoms with E-state index in [1.54, 1.807) is 25.1 Å². The molecule has 1 aliphatic carbocycles. The van der Waals surface area contributed by atoms with Gasteiger partial charge in [-0.15, -0.1) is 0 Å². The highest BCUT2D eigenvalue weighted by atomic mass is 19.3. The lowest BCUT2D eigenvalue weighted by atomic mass is 10.3. The van der Waals surface area contributed by atoms with Crippen molar-refractivity contribution < 1.29 is 31.9 Å². The highest BCUT2D eigenvalue weighted by Crippen LogP contribution is 2.50. The third-order valence-electron chi connectivity index (χ3n) is 5.02. The number of alkyl halides is 2. The van der Waals surface area contributed by atoms with Crippen LogP contribution in [0, 0.1) is 11.7 Å². The quantitative estimate of drug-likeness (QED) is 0.523. The Morgan fingerprint density at radius 3 is 2.78 bits per heavy atom. The van der Waals surface area contributed by atoms with Crippen LogP contribution in [-0.4, -0.2) is 41.1 Å². The van der Waals surface area contributed by atoms with E-state index < -0.39 is 17.7 Å². The van der Waals surface area contributed by atoms with Crippen molar-refractivity contribution in [2.24, 2.45) is 5.92 Å². The molecule has 2 atom stereocenters. The summed E-state index contributed by atoms with van der Waals surface area (Å²) in [6.07, 6.45) is 1.54. The maximum absolute atomic E-state index is 14.6. The highest BCUT2D eigenvalue weighted by Gasteiger charge is 2.56. The zero-order chi connectivity index (χ0) is 22.9. The van der Waals surface area contributed by atoms with E-state index in [0.29, 0.717) is 16.8 Å². The molecule has 0 saturated heterocycles. The number of fused-ring (bicyclic) bond motifs is 1. The molecular formula is C22H22F3N3O4. The number of nitrogens with one attached hydrogen (secondary N) is 1. The second kappa shape index (κ2) is 8.68. The number of nitrogens with zero attached hydrogens (tertiary/aromatic N) is 2. The van der Waals surface area contributed by atoms with Crippen molar-refractivity contribution in [2.45, 2.75) is 38.7 Å². The third-order valence-corrected chi connectivity index (χ3v) is 5.02. The minimum atomic E-state index is -2.56. The van der Waals surface area contributed by atoms with Gasteiger partial charge in [-0.05, 0) is 25.5 Å². The van der Waals surface area contributed by atoms with Crippen molar-refractivity contribution in [3.05, 3.63) is 36.3 Å². The van der Waals surface area contributed by atoms with Gasteiger partial charge in [0.1, 0.15) is 23.6 Å². The zero-order valence-electron chi connectivity index (χ0n) is 17.5. The molecule has 0 spiro atoms. The van der Waals surface area contributed by atoms with Crippen molar-refractivity contribution in [3.8, 4) is 23.1 Å². The molecule has 1 aromatic carbocycles. The number of carbonyl (C=O) groups is 1. The molecule has 1 fully saturated rings. The average Bonchev–Trinajstić information content (AvgIpc) is 3.13. The molecule has 3 aromatic rings. The van der Waals surface area contributed by atoms with Gasteiger partial charge in [-0.2, -0.15) is 0 Å². The highest BCUT2D eigenvalue weighted by molar-refractivity contribution is 5.77. The van der Waals surface area contributed by atoms with Crippen molar-refractivity contribution >= 4 is 17.0 Å².